The first-order valence-electron chi connectivity index (χ1n) is 5.79. The summed E-state index contributed by atoms with van der Waals surface area (Å²) in [5.74, 6) is 0. The molecule has 0 aliphatic heterocycles. The van der Waals surface area contributed by atoms with Gasteiger partial charge in [-0.25, -0.2) is 0 Å². The van der Waals surface area contributed by atoms with Crippen molar-refractivity contribution in [3.05, 3.63) is 68.2 Å². The van der Waals surface area contributed by atoms with Gasteiger partial charge < -0.3 is 5.32 Å². The maximum absolute atomic E-state index is 10.8. The number of benzene rings is 2. The van der Waals surface area contributed by atoms with E-state index in [9.17, 15) is 10.1 Å². The van der Waals surface area contributed by atoms with Gasteiger partial charge in [0, 0.05) is 28.8 Å². The van der Waals surface area contributed by atoms with Gasteiger partial charge in [-0.05, 0) is 36.2 Å². The lowest BCUT2D eigenvalue weighted by Crippen LogP contribution is -2.00. The molecule has 4 nitrogen and oxygen atoms in total. The zero-order valence-corrected chi connectivity index (χ0v) is 12.0. The second kappa shape index (κ2) is 5.84. The van der Waals surface area contributed by atoms with Gasteiger partial charge >= 0.3 is 0 Å². The summed E-state index contributed by atoms with van der Waals surface area (Å²) in [4.78, 5) is 10.4. The monoisotopic (exact) mass is 320 g/mol. The number of nitro benzene ring substituents is 1. The smallest absolute Gasteiger partial charge is 0.270 e. The Hall–Kier alpha value is -1.88. The highest BCUT2D eigenvalue weighted by atomic mass is 79.9. The van der Waals surface area contributed by atoms with E-state index < -0.39 is 0 Å². The summed E-state index contributed by atoms with van der Waals surface area (Å²) >= 11 is 3.29. The minimum atomic E-state index is -0.388. The molecule has 19 heavy (non-hydrogen) atoms. The molecule has 0 saturated heterocycles. The number of nitrogens with one attached hydrogen (secondary N) is 1. The fraction of sp³-hybridized carbons (Fsp3) is 0.143. The third kappa shape index (κ3) is 3.79. The first-order chi connectivity index (χ1) is 9.04. The number of aryl methyl sites for hydroxylation is 1. The van der Waals surface area contributed by atoms with E-state index in [1.165, 1.54) is 11.6 Å². The molecule has 0 saturated carbocycles. The van der Waals surface area contributed by atoms with Gasteiger partial charge in [-0.3, -0.25) is 10.1 Å². The molecule has 0 fully saturated rings. The van der Waals surface area contributed by atoms with E-state index in [0.717, 1.165) is 11.3 Å². The SMILES string of the molecule is Cc1cccc(NCc2cc(Br)cc([N+](=O)[O-])c2)c1. The third-order valence-electron chi connectivity index (χ3n) is 2.67. The normalized spacial score (nSPS) is 10.2. The Balaban J connectivity index is 2.13. The molecule has 0 atom stereocenters. The van der Waals surface area contributed by atoms with Crippen LogP contribution in [0.15, 0.2) is 46.9 Å². The van der Waals surface area contributed by atoms with E-state index in [1.807, 2.05) is 37.3 Å². The summed E-state index contributed by atoms with van der Waals surface area (Å²) in [6.07, 6.45) is 0. The van der Waals surface area contributed by atoms with Crippen LogP contribution in [0.3, 0.4) is 0 Å². The van der Waals surface area contributed by atoms with E-state index in [2.05, 4.69) is 21.2 Å². The molecule has 0 unspecified atom stereocenters. The lowest BCUT2D eigenvalue weighted by Gasteiger charge is -2.07. The predicted molar refractivity (Wildman–Crippen MR) is 79.3 cm³/mol. The minimum Gasteiger partial charge on any atom is -0.381 e. The predicted octanol–water partition coefficient (Wildman–Crippen LogP) is 4.28. The molecule has 0 amide bonds. The molecular formula is C14H13BrN2O2. The molecular weight excluding hydrogens is 308 g/mol. The van der Waals surface area contributed by atoms with Crippen LogP contribution in [0, 0.1) is 17.0 Å². The number of hydrogen-bond acceptors (Lipinski definition) is 3. The van der Waals surface area contributed by atoms with Gasteiger partial charge in [0.25, 0.3) is 5.69 Å². The number of nitrogens with zero attached hydrogens (tertiary/aromatic N) is 1. The zero-order chi connectivity index (χ0) is 13.8. The molecule has 0 spiro atoms. The lowest BCUT2D eigenvalue weighted by atomic mass is 10.2. The van der Waals surface area contributed by atoms with Gasteiger partial charge in [0.2, 0.25) is 0 Å². The van der Waals surface area contributed by atoms with Crippen molar-refractivity contribution in [3.63, 3.8) is 0 Å². The molecule has 0 aliphatic rings. The van der Waals surface area contributed by atoms with Crippen molar-refractivity contribution in [1.29, 1.82) is 0 Å². The van der Waals surface area contributed by atoms with Gasteiger partial charge in [-0.2, -0.15) is 0 Å². The number of anilines is 1. The Labute approximate surface area is 119 Å². The van der Waals surface area contributed by atoms with E-state index in [-0.39, 0.29) is 10.6 Å². The van der Waals surface area contributed by atoms with Crippen LogP contribution < -0.4 is 5.32 Å². The van der Waals surface area contributed by atoms with E-state index in [4.69, 9.17) is 0 Å². The molecule has 0 bridgehead atoms. The molecule has 5 heteroatoms. The van der Waals surface area contributed by atoms with Crippen LogP contribution in [-0.2, 0) is 6.54 Å². The van der Waals surface area contributed by atoms with E-state index >= 15 is 0 Å². The van der Waals surface area contributed by atoms with Gasteiger partial charge in [0.05, 0.1) is 4.92 Å². The fourth-order valence-corrected chi connectivity index (χ4v) is 2.33. The second-order valence-electron chi connectivity index (χ2n) is 4.30. The Kier molecular flexibility index (Phi) is 4.16. The third-order valence-corrected chi connectivity index (χ3v) is 3.13. The van der Waals surface area contributed by atoms with Gasteiger partial charge in [0.1, 0.15) is 0 Å². The molecule has 1 N–H and O–H groups in total. The van der Waals surface area contributed by atoms with Crippen LogP contribution in [0.5, 0.6) is 0 Å². The number of rotatable bonds is 4. The molecule has 0 radical (unpaired) electrons. The Morgan fingerprint density at radius 2 is 2.05 bits per heavy atom. The average Bonchev–Trinajstić information content (AvgIpc) is 2.36. The maximum atomic E-state index is 10.8. The van der Waals surface area contributed by atoms with Crippen LogP contribution in [-0.4, -0.2) is 4.92 Å². The van der Waals surface area contributed by atoms with Crippen LogP contribution in [0.4, 0.5) is 11.4 Å². The molecule has 0 aliphatic carbocycles. The molecule has 0 heterocycles. The minimum absolute atomic E-state index is 0.0930. The summed E-state index contributed by atoms with van der Waals surface area (Å²) < 4.78 is 0.711. The molecule has 98 valence electrons. The Morgan fingerprint density at radius 3 is 2.74 bits per heavy atom. The first kappa shape index (κ1) is 13.5. The maximum Gasteiger partial charge on any atom is 0.270 e. The number of nitro groups is 1. The summed E-state index contributed by atoms with van der Waals surface area (Å²) in [6.45, 7) is 2.57. The Bertz CT molecular complexity index is 614. The second-order valence-corrected chi connectivity index (χ2v) is 5.21. The van der Waals surface area contributed by atoms with Crippen LogP contribution in [0.25, 0.3) is 0 Å². The summed E-state index contributed by atoms with van der Waals surface area (Å²) in [7, 11) is 0. The largest absolute Gasteiger partial charge is 0.381 e. The summed E-state index contributed by atoms with van der Waals surface area (Å²) in [5.41, 5.74) is 3.13. The van der Waals surface area contributed by atoms with Gasteiger partial charge in [-0.15, -0.1) is 0 Å². The van der Waals surface area contributed by atoms with Crippen molar-refractivity contribution in [1.82, 2.24) is 0 Å². The van der Waals surface area contributed by atoms with Gasteiger partial charge in [-0.1, -0.05) is 28.1 Å². The standard InChI is InChI=1S/C14H13BrN2O2/c1-10-3-2-4-13(5-10)16-9-11-6-12(15)8-14(7-11)17(18)19/h2-8,16H,9H2,1H3. The molecule has 2 aromatic carbocycles. The van der Waals surface area contributed by atoms with E-state index in [0.29, 0.717) is 11.0 Å². The van der Waals surface area contributed by atoms with Crippen molar-refractivity contribution in [2.45, 2.75) is 13.5 Å². The van der Waals surface area contributed by atoms with Crippen LogP contribution in [0.2, 0.25) is 0 Å². The van der Waals surface area contributed by atoms with Crippen molar-refractivity contribution in [2.24, 2.45) is 0 Å². The van der Waals surface area contributed by atoms with E-state index in [1.54, 1.807) is 6.07 Å². The summed E-state index contributed by atoms with van der Waals surface area (Å²) in [5, 5.41) is 14.0. The molecule has 2 aromatic rings. The zero-order valence-electron chi connectivity index (χ0n) is 10.4. The van der Waals surface area contributed by atoms with Crippen molar-refractivity contribution in [3.8, 4) is 0 Å². The highest BCUT2D eigenvalue weighted by Gasteiger charge is 2.08. The average molecular weight is 321 g/mol. The molecule has 0 aromatic heterocycles. The highest BCUT2D eigenvalue weighted by molar-refractivity contribution is 9.10. The van der Waals surface area contributed by atoms with Crippen LogP contribution in [0.1, 0.15) is 11.1 Å². The first-order valence-corrected chi connectivity index (χ1v) is 6.58. The van der Waals surface area contributed by atoms with Crippen molar-refractivity contribution < 1.29 is 4.92 Å². The molecule has 2 rings (SSSR count). The van der Waals surface area contributed by atoms with Crippen LogP contribution >= 0.6 is 15.9 Å². The Morgan fingerprint density at radius 1 is 1.26 bits per heavy atom. The summed E-state index contributed by atoms with van der Waals surface area (Å²) in [6, 6.07) is 12.9. The number of hydrogen-bond donors (Lipinski definition) is 1. The number of non-ortho nitro benzene ring substituents is 1. The number of halogens is 1. The fourth-order valence-electron chi connectivity index (χ4n) is 1.80. The quantitative estimate of drug-likeness (QED) is 0.675. The van der Waals surface area contributed by atoms with Gasteiger partial charge in [0.15, 0.2) is 0 Å². The lowest BCUT2D eigenvalue weighted by molar-refractivity contribution is -0.385. The highest BCUT2D eigenvalue weighted by Crippen LogP contribution is 2.22. The van der Waals surface area contributed by atoms with Crippen molar-refractivity contribution in [2.75, 3.05) is 5.32 Å². The van der Waals surface area contributed by atoms with Crippen molar-refractivity contribution >= 4 is 27.3 Å². The topological polar surface area (TPSA) is 55.2 Å².